The molecule has 5 aromatic rings. The third-order valence-corrected chi connectivity index (χ3v) is 7.34. The number of rotatable bonds is 3. The highest BCUT2D eigenvalue weighted by atomic mass is 16.7. The van der Waals surface area contributed by atoms with Crippen molar-refractivity contribution in [2.75, 3.05) is 0 Å². The maximum atomic E-state index is 6.48. The van der Waals surface area contributed by atoms with Gasteiger partial charge in [0.15, 0.2) is 0 Å². The molecule has 0 atom stereocenters. The quantitative estimate of drug-likeness (QED) is 0.274. The molecule has 0 radical (unpaired) electrons. The molecule has 0 aliphatic carbocycles. The van der Waals surface area contributed by atoms with Crippen LogP contribution in [0.3, 0.4) is 0 Å². The first kappa shape index (κ1) is 21.2. The molecule has 4 aromatic carbocycles. The standard InChI is InChI=1S/C30H27BO3/c1-29(2)30(3,4)34-31(33-29)25-17-10-18-26-27(25)24-16-9-15-23(28(24)32-26)22-14-8-13-21(19-22)20-11-6-5-7-12-20/h5-19H,1-4H3. The highest BCUT2D eigenvalue weighted by Crippen LogP contribution is 2.40. The number of hydrogen-bond acceptors (Lipinski definition) is 3. The molecule has 1 fully saturated rings. The van der Waals surface area contributed by atoms with E-state index in [1.165, 1.54) is 11.1 Å². The van der Waals surface area contributed by atoms with E-state index in [1.807, 2.05) is 18.2 Å². The van der Waals surface area contributed by atoms with Crippen molar-refractivity contribution >= 4 is 34.5 Å². The summed E-state index contributed by atoms with van der Waals surface area (Å²) in [5, 5.41) is 2.12. The van der Waals surface area contributed by atoms with Gasteiger partial charge in [0.1, 0.15) is 11.2 Å². The van der Waals surface area contributed by atoms with Crippen LogP contribution in [0.5, 0.6) is 0 Å². The van der Waals surface area contributed by atoms with Crippen molar-refractivity contribution < 1.29 is 13.7 Å². The summed E-state index contributed by atoms with van der Waals surface area (Å²) in [6.45, 7) is 8.33. The van der Waals surface area contributed by atoms with E-state index in [-0.39, 0.29) is 0 Å². The molecule has 4 heteroatoms. The van der Waals surface area contributed by atoms with E-state index in [1.54, 1.807) is 0 Å². The fourth-order valence-electron chi connectivity index (χ4n) is 4.77. The number of fused-ring (bicyclic) bond motifs is 3. The average molecular weight is 446 g/mol. The second-order valence-electron chi connectivity index (χ2n) is 10.0. The first-order valence-electron chi connectivity index (χ1n) is 11.8. The van der Waals surface area contributed by atoms with Gasteiger partial charge in [-0.05, 0) is 62.0 Å². The van der Waals surface area contributed by atoms with Crippen molar-refractivity contribution in [3.63, 3.8) is 0 Å². The van der Waals surface area contributed by atoms with Gasteiger partial charge in [0.25, 0.3) is 0 Å². The van der Waals surface area contributed by atoms with Gasteiger partial charge in [-0.3, -0.25) is 0 Å². The Bertz CT molecular complexity index is 1500. The smallest absolute Gasteiger partial charge is 0.455 e. The molecule has 1 aliphatic heterocycles. The summed E-state index contributed by atoms with van der Waals surface area (Å²) in [4.78, 5) is 0. The van der Waals surface area contributed by atoms with E-state index < -0.39 is 18.3 Å². The van der Waals surface area contributed by atoms with E-state index >= 15 is 0 Å². The lowest BCUT2D eigenvalue weighted by molar-refractivity contribution is 0.00578. The van der Waals surface area contributed by atoms with Gasteiger partial charge in [-0.2, -0.15) is 0 Å². The molecule has 2 heterocycles. The molecule has 1 aliphatic rings. The van der Waals surface area contributed by atoms with Crippen LogP contribution in [0.1, 0.15) is 27.7 Å². The minimum absolute atomic E-state index is 0.400. The monoisotopic (exact) mass is 446 g/mol. The second-order valence-corrected chi connectivity index (χ2v) is 10.0. The Hall–Kier alpha value is -3.34. The van der Waals surface area contributed by atoms with Crippen LogP contribution in [0, 0.1) is 0 Å². The van der Waals surface area contributed by atoms with Crippen LogP contribution >= 0.6 is 0 Å². The maximum Gasteiger partial charge on any atom is 0.495 e. The Labute approximate surface area is 200 Å². The largest absolute Gasteiger partial charge is 0.495 e. The zero-order chi connectivity index (χ0) is 23.5. The van der Waals surface area contributed by atoms with Crippen LogP contribution in [0.4, 0.5) is 0 Å². The maximum absolute atomic E-state index is 6.48. The lowest BCUT2D eigenvalue weighted by Gasteiger charge is -2.32. The Morgan fingerprint density at radius 1 is 0.618 bits per heavy atom. The molecule has 6 rings (SSSR count). The number of para-hydroxylation sites is 1. The fourth-order valence-corrected chi connectivity index (χ4v) is 4.77. The van der Waals surface area contributed by atoms with E-state index in [2.05, 4.69) is 100 Å². The first-order valence-corrected chi connectivity index (χ1v) is 11.8. The predicted molar refractivity (Wildman–Crippen MR) is 140 cm³/mol. The zero-order valence-electron chi connectivity index (χ0n) is 20.0. The minimum Gasteiger partial charge on any atom is -0.455 e. The van der Waals surface area contributed by atoms with Gasteiger partial charge >= 0.3 is 7.12 Å². The van der Waals surface area contributed by atoms with Gasteiger partial charge in [0.05, 0.1) is 11.2 Å². The van der Waals surface area contributed by atoms with Crippen LogP contribution in [-0.4, -0.2) is 18.3 Å². The van der Waals surface area contributed by atoms with Crippen molar-refractivity contribution in [2.45, 2.75) is 38.9 Å². The molecule has 1 saturated heterocycles. The van der Waals surface area contributed by atoms with Gasteiger partial charge < -0.3 is 13.7 Å². The number of hydrogen-bond donors (Lipinski definition) is 0. The minimum atomic E-state index is -0.445. The van der Waals surface area contributed by atoms with E-state index in [9.17, 15) is 0 Å². The summed E-state index contributed by atoms with van der Waals surface area (Å²) < 4.78 is 19.3. The number of furan rings is 1. The molecular formula is C30H27BO3. The van der Waals surface area contributed by atoms with E-state index in [0.717, 1.165) is 38.5 Å². The number of benzene rings is 4. The third kappa shape index (κ3) is 3.29. The Morgan fingerprint density at radius 3 is 2.03 bits per heavy atom. The van der Waals surface area contributed by atoms with Crippen LogP contribution in [0.2, 0.25) is 0 Å². The van der Waals surface area contributed by atoms with Crippen LogP contribution in [-0.2, 0) is 9.31 Å². The Kier molecular flexibility index (Phi) is 4.74. The third-order valence-electron chi connectivity index (χ3n) is 7.34. The van der Waals surface area contributed by atoms with Crippen molar-refractivity contribution in [3.05, 3.63) is 91.0 Å². The molecule has 34 heavy (non-hydrogen) atoms. The summed E-state index contributed by atoms with van der Waals surface area (Å²) in [7, 11) is -0.445. The molecule has 0 spiro atoms. The highest BCUT2D eigenvalue weighted by molar-refractivity contribution is 6.66. The Morgan fingerprint density at radius 2 is 1.26 bits per heavy atom. The van der Waals surface area contributed by atoms with Crippen molar-refractivity contribution in [1.29, 1.82) is 0 Å². The van der Waals surface area contributed by atoms with Crippen molar-refractivity contribution in [3.8, 4) is 22.3 Å². The molecular weight excluding hydrogens is 419 g/mol. The molecule has 3 nitrogen and oxygen atoms in total. The molecule has 1 aromatic heterocycles. The van der Waals surface area contributed by atoms with Gasteiger partial charge in [-0.25, -0.2) is 0 Å². The second kappa shape index (κ2) is 7.59. The summed E-state index contributed by atoms with van der Waals surface area (Å²) in [5.74, 6) is 0. The van der Waals surface area contributed by atoms with Crippen LogP contribution in [0.15, 0.2) is 95.4 Å². The SMILES string of the molecule is CC1(C)OB(c2cccc3oc4c(-c5cccc(-c6ccccc6)c5)cccc4c23)OC1(C)C. The summed E-state index contributed by atoms with van der Waals surface area (Å²) in [6, 6.07) is 31.6. The normalized spacial score (nSPS) is 17.0. The molecule has 168 valence electrons. The summed E-state index contributed by atoms with van der Waals surface area (Å²) >= 11 is 0. The van der Waals surface area contributed by atoms with Crippen molar-refractivity contribution in [1.82, 2.24) is 0 Å². The van der Waals surface area contributed by atoms with E-state index in [4.69, 9.17) is 13.7 Å². The highest BCUT2D eigenvalue weighted by Gasteiger charge is 2.52. The average Bonchev–Trinajstić information content (AvgIpc) is 3.32. The summed E-state index contributed by atoms with van der Waals surface area (Å²) in [5.41, 5.74) is 6.51. The van der Waals surface area contributed by atoms with Crippen LogP contribution < -0.4 is 5.46 Å². The first-order chi connectivity index (χ1) is 16.3. The lowest BCUT2D eigenvalue weighted by Crippen LogP contribution is -2.41. The van der Waals surface area contributed by atoms with Gasteiger partial charge in [0, 0.05) is 16.3 Å². The van der Waals surface area contributed by atoms with E-state index in [0.29, 0.717) is 0 Å². The molecule has 0 N–H and O–H groups in total. The van der Waals surface area contributed by atoms with Gasteiger partial charge in [-0.1, -0.05) is 78.9 Å². The molecule has 0 saturated carbocycles. The molecule has 0 unspecified atom stereocenters. The Balaban J connectivity index is 1.51. The van der Waals surface area contributed by atoms with Gasteiger partial charge in [-0.15, -0.1) is 0 Å². The van der Waals surface area contributed by atoms with Gasteiger partial charge in [0.2, 0.25) is 0 Å². The predicted octanol–water partition coefficient (Wildman–Crippen LogP) is 7.22. The van der Waals surface area contributed by atoms with Crippen LogP contribution in [0.25, 0.3) is 44.2 Å². The topological polar surface area (TPSA) is 31.6 Å². The fraction of sp³-hybridized carbons (Fsp3) is 0.200. The van der Waals surface area contributed by atoms with Crippen molar-refractivity contribution in [2.24, 2.45) is 0 Å². The lowest BCUT2D eigenvalue weighted by atomic mass is 9.76. The molecule has 0 amide bonds. The zero-order valence-corrected chi connectivity index (χ0v) is 20.0. The molecule has 0 bridgehead atoms. The summed E-state index contributed by atoms with van der Waals surface area (Å²) in [6.07, 6.45) is 0.